The van der Waals surface area contributed by atoms with Crippen molar-refractivity contribution >= 4 is 24.2 Å². The number of halogens is 1. The maximum absolute atomic E-state index is 5.73. The Bertz CT molecular complexity index is 237. The van der Waals surface area contributed by atoms with Gasteiger partial charge < -0.3 is 0 Å². The molecule has 13 heavy (non-hydrogen) atoms. The highest BCUT2D eigenvalue weighted by atomic mass is 35.5. The zero-order valence-corrected chi connectivity index (χ0v) is 9.27. The minimum Gasteiger partial charge on any atom is -0.271 e. The lowest BCUT2D eigenvalue weighted by atomic mass is 10.2. The molecule has 0 atom stereocenters. The molecule has 0 saturated heterocycles. The molecule has 2 nitrogen and oxygen atoms in total. The second kappa shape index (κ2) is 6.33. The van der Waals surface area contributed by atoms with Gasteiger partial charge in [-0.3, -0.25) is 4.68 Å². The normalized spacial score (nSPS) is 10.6. The van der Waals surface area contributed by atoms with Crippen molar-refractivity contribution in [1.29, 1.82) is 0 Å². The van der Waals surface area contributed by atoms with E-state index in [9.17, 15) is 0 Å². The Morgan fingerprint density at radius 2 is 2.08 bits per heavy atom. The van der Waals surface area contributed by atoms with Crippen molar-refractivity contribution in [1.82, 2.24) is 9.78 Å². The third-order valence-electron chi connectivity index (χ3n) is 1.90. The number of hydrogen-bond acceptors (Lipinski definition) is 2. The van der Waals surface area contributed by atoms with E-state index in [1.54, 1.807) is 6.20 Å². The van der Waals surface area contributed by atoms with Gasteiger partial charge in [0.25, 0.3) is 0 Å². The molecule has 0 bridgehead atoms. The van der Waals surface area contributed by atoms with Gasteiger partial charge in [0.15, 0.2) is 0 Å². The van der Waals surface area contributed by atoms with Crippen molar-refractivity contribution in [3.05, 3.63) is 17.4 Å². The summed E-state index contributed by atoms with van der Waals surface area (Å²) in [5.74, 6) is 0.994. The van der Waals surface area contributed by atoms with Crippen molar-refractivity contribution in [2.75, 3.05) is 5.75 Å². The molecule has 0 spiro atoms. The van der Waals surface area contributed by atoms with Gasteiger partial charge >= 0.3 is 0 Å². The van der Waals surface area contributed by atoms with Gasteiger partial charge in [0.1, 0.15) is 0 Å². The van der Waals surface area contributed by atoms with E-state index >= 15 is 0 Å². The molecular formula is C9H15ClN2S. The third-order valence-corrected chi connectivity index (χ3v) is 2.41. The molecule has 1 heterocycles. The number of aromatic nitrogens is 2. The molecular weight excluding hydrogens is 204 g/mol. The first-order valence-corrected chi connectivity index (χ1v) is 5.63. The molecule has 74 valence electrons. The van der Waals surface area contributed by atoms with Crippen molar-refractivity contribution in [2.45, 2.75) is 32.2 Å². The first-order chi connectivity index (χ1) is 6.33. The maximum atomic E-state index is 5.73. The molecule has 1 rings (SSSR count). The highest BCUT2D eigenvalue weighted by molar-refractivity contribution is 7.80. The predicted molar refractivity (Wildman–Crippen MR) is 59.6 cm³/mol. The summed E-state index contributed by atoms with van der Waals surface area (Å²) in [7, 11) is 0. The number of aryl methyl sites for hydroxylation is 1. The Balaban J connectivity index is 2.06. The van der Waals surface area contributed by atoms with E-state index in [0.717, 1.165) is 17.3 Å². The lowest BCUT2D eigenvalue weighted by Gasteiger charge is -2.00. The topological polar surface area (TPSA) is 17.8 Å². The third kappa shape index (κ3) is 4.58. The lowest BCUT2D eigenvalue weighted by Crippen LogP contribution is -1.97. The smallest absolute Gasteiger partial charge is 0.0785 e. The minimum absolute atomic E-state index is 0.718. The van der Waals surface area contributed by atoms with Gasteiger partial charge in [-0.2, -0.15) is 17.7 Å². The molecule has 0 aliphatic heterocycles. The Labute approximate surface area is 89.7 Å². The monoisotopic (exact) mass is 218 g/mol. The average molecular weight is 219 g/mol. The van der Waals surface area contributed by atoms with E-state index in [-0.39, 0.29) is 0 Å². The molecule has 0 aliphatic carbocycles. The fraction of sp³-hybridized carbons (Fsp3) is 0.667. The van der Waals surface area contributed by atoms with Gasteiger partial charge in [0.2, 0.25) is 0 Å². The first-order valence-electron chi connectivity index (χ1n) is 4.62. The van der Waals surface area contributed by atoms with Crippen LogP contribution in [0.1, 0.15) is 25.7 Å². The van der Waals surface area contributed by atoms with Crippen molar-refractivity contribution in [2.24, 2.45) is 0 Å². The Morgan fingerprint density at radius 3 is 2.69 bits per heavy atom. The summed E-state index contributed by atoms with van der Waals surface area (Å²) < 4.78 is 1.89. The number of unbranched alkanes of at least 4 members (excludes halogenated alkanes) is 3. The number of hydrogen-bond donors (Lipinski definition) is 1. The van der Waals surface area contributed by atoms with E-state index in [0.29, 0.717) is 0 Å². The van der Waals surface area contributed by atoms with E-state index in [4.69, 9.17) is 11.6 Å². The van der Waals surface area contributed by atoms with Crippen molar-refractivity contribution in [3.63, 3.8) is 0 Å². The summed E-state index contributed by atoms with van der Waals surface area (Å²) in [6.45, 7) is 0.972. The summed E-state index contributed by atoms with van der Waals surface area (Å²) >= 11 is 9.89. The molecule has 0 amide bonds. The van der Waals surface area contributed by atoms with Crippen molar-refractivity contribution < 1.29 is 0 Å². The highest BCUT2D eigenvalue weighted by Crippen LogP contribution is 2.07. The first kappa shape index (κ1) is 10.9. The van der Waals surface area contributed by atoms with Crippen LogP contribution in [0.25, 0.3) is 0 Å². The maximum Gasteiger partial charge on any atom is 0.0785 e. The van der Waals surface area contributed by atoms with Gasteiger partial charge in [-0.25, -0.2) is 0 Å². The van der Waals surface area contributed by atoms with Gasteiger partial charge in [0.05, 0.1) is 11.2 Å². The zero-order chi connectivity index (χ0) is 9.52. The fourth-order valence-electron chi connectivity index (χ4n) is 1.20. The molecule has 1 aromatic rings. The van der Waals surface area contributed by atoms with E-state index in [1.807, 2.05) is 10.9 Å². The highest BCUT2D eigenvalue weighted by Gasteiger charge is 1.94. The molecule has 0 N–H and O–H groups in total. The van der Waals surface area contributed by atoms with Crippen LogP contribution in [0.3, 0.4) is 0 Å². The summed E-state index contributed by atoms with van der Waals surface area (Å²) in [5.41, 5.74) is 0. The molecule has 0 saturated carbocycles. The second-order valence-corrected chi connectivity index (χ2v) is 3.94. The SMILES string of the molecule is SCCCCCCn1cc(Cl)cn1. The average Bonchev–Trinajstić information content (AvgIpc) is 2.51. The number of thiol groups is 1. The van der Waals surface area contributed by atoms with Crippen LogP contribution in [-0.4, -0.2) is 15.5 Å². The summed E-state index contributed by atoms with van der Waals surface area (Å²) in [5, 5.41) is 4.82. The molecule has 0 aromatic carbocycles. The van der Waals surface area contributed by atoms with Crippen LogP contribution in [0.5, 0.6) is 0 Å². The van der Waals surface area contributed by atoms with Crippen LogP contribution >= 0.6 is 24.2 Å². The standard InChI is InChI=1S/C9H15ClN2S/c10-9-7-11-12(8-9)5-3-1-2-4-6-13/h7-8,13H,1-6H2. The van der Waals surface area contributed by atoms with Gasteiger partial charge in [-0.15, -0.1) is 0 Å². The van der Waals surface area contributed by atoms with Gasteiger partial charge in [-0.1, -0.05) is 24.4 Å². The Kier molecular flexibility index (Phi) is 5.32. The number of nitrogens with zero attached hydrogens (tertiary/aromatic N) is 2. The van der Waals surface area contributed by atoms with Gasteiger partial charge in [0, 0.05) is 12.7 Å². The van der Waals surface area contributed by atoms with Crippen LogP contribution < -0.4 is 0 Å². The Hall–Kier alpha value is -0.150. The van der Waals surface area contributed by atoms with Crippen molar-refractivity contribution in [3.8, 4) is 0 Å². The second-order valence-electron chi connectivity index (χ2n) is 3.06. The molecule has 0 unspecified atom stereocenters. The molecule has 1 aromatic heterocycles. The minimum atomic E-state index is 0.718. The van der Waals surface area contributed by atoms with E-state index in [2.05, 4.69) is 17.7 Å². The lowest BCUT2D eigenvalue weighted by molar-refractivity contribution is 0.542. The van der Waals surface area contributed by atoms with Crippen LogP contribution in [0.4, 0.5) is 0 Å². The van der Waals surface area contributed by atoms with E-state index < -0.39 is 0 Å². The van der Waals surface area contributed by atoms with Crippen LogP contribution in [0, 0.1) is 0 Å². The van der Waals surface area contributed by atoms with Crippen LogP contribution in [-0.2, 0) is 6.54 Å². The summed E-state index contributed by atoms with van der Waals surface area (Å²) in [6.07, 6.45) is 8.43. The molecule has 0 fully saturated rings. The quantitative estimate of drug-likeness (QED) is 0.574. The van der Waals surface area contributed by atoms with Gasteiger partial charge in [-0.05, 0) is 18.6 Å². The van der Waals surface area contributed by atoms with Crippen LogP contribution in [0.2, 0.25) is 5.02 Å². The summed E-state index contributed by atoms with van der Waals surface area (Å²) in [4.78, 5) is 0. The largest absolute Gasteiger partial charge is 0.271 e. The molecule has 4 heteroatoms. The van der Waals surface area contributed by atoms with Crippen LogP contribution in [0.15, 0.2) is 12.4 Å². The Morgan fingerprint density at radius 1 is 1.31 bits per heavy atom. The predicted octanol–water partition coefficient (Wildman–Crippen LogP) is 3.03. The number of rotatable bonds is 6. The summed E-state index contributed by atoms with van der Waals surface area (Å²) in [6, 6.07) is 0. The zero-order valence-electron chi connectivity index (χ0n) is 7.62. The molecule has 0 radical (unpaired) electrons. The molecule has 0 aliphatic rings. The van der Waals surface area contributed by atoms with E-state index in [1.165, 1.54) is 25.7 Å². The fourth-order valence-corrected chi connectivity index (χ4v) is 1.58.